The van der Waals surface area contributed by atoms with Crippen LogP contribution in [-0.2, 0) is 24.3 Å². The maximum Gasteiger partial charge on any atom is 0.220 e. The van der Waals surface area contributed by atoms with Crippen molar-refractivity contribution >= 4 is 5.91 Å². The van der Waals surface area contributed by atoms with Crippen LogP contribution >= 0.6 is 0 Å². The highest BCUT2D eigenvalue weighted by Crippen LogP contribution is 2.25. The number of benzene rings is 2. The van der Waals surface area contributed by atoms with E-state index in [1.807, 2.05) is 18.2 Å². The van der Waals surface area contributed by atoms with E-state index in [1.54, 1.807) is 14.2 Å². The average Bonchev–Trinajstić information content (AvgIpc) is 2.75. The highest BCUT2D eigenvalue weighted by Gasteiger charge is 2.09. The lowest BCUT2D eigenvalue weighted by Gasteiger charge is -2.18. The quantitative estimate of drug-likeness (QED) is 0.640. The Labute approximate surface area is 168 Å². The number of amides is 1. The summed E-state index contributed by atoms with van der Waals surface area (Å²) in [6.45, 7) is 7.95. The summed E-state index contributed by atoms with van der Waals surface area (Å²) in [5.74, 6) is 1.57. The Morgan fingerprint density at radius 3 is 2.25 bits per heavy atom. The van der Waals surface area contributed by atoms with Crippen molar-refractivity contribution in [2.75, 3.05) is 27.3 Å². The van der Waals surface area contributed by atoms with Crippen LogP contribution in [0.3, 0.4) is 0 Å². The highest BCUT2D eigenvalue weighted by atomic mass is 16.5. The molecule has 1 amide bonds. The molecule has 0 aliphatic heterocycles. The molecule has 28 heavy (non-hydrogen) atoms. The largest absolute Gasteiger partial charge is 0.497 e. The molecule has 0 saturated carbocycles. The fourth-order valence-electron chi connectivity index (χ4n) is 3.08. The predicted octanol–water partition coefficient (Wildman–Crippen LogP) is 3.79. The first-order valence-corrected chi connectivity index (χ1v) is 9.87. The SMILES string of the molecule is CCN(CC)Cc1ccc(CNC(=O)CCc2cc(OC)ccc2OC)cc1. The number of hydrogen-bond acceptors (Lipinski definition) is 4. The lowest BCUT2D eigenvalue weighted by molar-refractivity contribution is -0.121. The molecule has 0 bridgehead atoms. The van der Waals surface area contributed by atoms with Gasteiger partial charge in [0, 0.05) is 19.5 Å². The third-order valence-corrected chi connectivity index (χ3v) is 4.92. The summed E-state index contributed by atoms with van der Waals surface area (Å²) in [6, 6.07) is 14.1. The van der Waals surface area contributed by atoms with Gasteiger partial charge in [-0.1, -0.05) is 38.1 Å². The molecule has 0 aliphatic carbocycles. The number of rotatable bonds is 11. The van der Waals surface area contributed by atoms with Crippen LogP contribution in [0.25, 0.3) is 0 Å². The first-order valence-electron chi connectivity index (χ1n) is 9.87. The van der Waals surface area contributed by atoms with E-state index in [-0.39, 0.29) is 5.91 Å². The summed E-state index contributed by atoms with van der Waals surface area (Å²) in [7, 11) is 3.26. The molecule has 0 saturated heterocycles. The van der Waals surface area contributed by atoms with Gasteiger partial charge in [0.05, 0.1) is 14.2 Å². The summed E-state index contributed by atoms with van der Waals surface area (Å²) < 4.78 is 10.6. The number of nitrogens with zero attached hydrogens (tertiary/aromatic N) is 1. The fraction of sp³-hybridized carbons (Fsp3) is 0.435. The molecule has 2 rings (SSSR count). The Morgan fingerprint density at radius 2 is 1.64 bits per heavy atom. The van der Waals surface area contributed by atoms with E-state index in [4.69, 9.17) is 9.47 Å². The van der Waals surface area contributed by atoms with Crippen molar-refractivity contribution < 1.29 is 14.3 Å². The van der Waals surface area contributed by atoms with E-state index in [9.17, 15) is 4.79 Å². The van der Waals surface area contributed by atoms with Gasteiger partial charge in [-0.25, -0.2) is 0 Å². The zero-order valence-electron chi connectivity index (χ0n) is 17.5. The first-order chi connectivity index (χ1) is 13.6. The Hall–Kier alpha value is -2.53. The molecule has 1 N–H and O–H groups in total. The van der Waals surface area contributed by atoms with Crippen LogP contribution < -0.4 is 14.8 Å². The zero-order chi connectivity index (χ0) is 20.4. The molecule has 5 heteroatoms. The Balaban J connectivity index is 1.83. The third kappa shape index (κ3) is 6.57. The van der Waals surface area contributed by atoms with Crippen molar-refractivity contribution in [3.8, 4) is 11.5 Å². The molecule has 152 valence electrons. The van der Waals surface area contributed by atoms with Gasteiger partial charge >= 0.3 is 0 Å². The lowest BCUT2D eigenvalue weighted by Crippen LogP contribution is -2.23. The van der Waals surface area contributed by atoms with Crippen LogP contribution in [0.4, 0.5) is 0 Å². The second kappa shape index (κ2) is 11.3. The van der Waals surface area contributed by atoms with Crippen molar-refractivity contribution in [1.82, 2.24) is 10.2 Å². The second-order valence-electron chi connectivity index (χ2n) is 6.73. The van der Waals surface area contributed by atoms with Gasteiger partial charge in [-0.3, -0.25) is 9.69 Å². The van der Waals surface area contributed by atoms with Crippen molar-refractivity contribution in [1.29, 1.82) is 0 Å². The molecule has 5 nitrogen and oxygen atoms in total. The fourth-order valence-corrected chi connectivity index (χ4v) is 3.08. The van der Waals surface area contributed by atoms with Gasteiger partial charge < -0.3 is 14.8 Å². The first kappa shape index (κ1) is 21.8. The van der Waals surface area contributed by atoms with Gasteiger partial charge in [0.15, 0.2) is 0 Å². The molecule has 0 fully saturated rings. The van der Waals surface area contributed by atoms with Crippen LogP contribution in [0.1, 0.15) is 37.0 Å². The standard InChI is InChI=1S/C23H32N2O3/c1-5-25(6-2)17-19-9-7-18(8-10-19)16-24-23(26)14-11-20-15-21(27-3)12-13-22(20)28-4/h7-10,12-13,15H,5-6,11,14,16-17H2,1-4H3,(H,24,26). The molecule has 0 spiro atoms. The summed E-state index contributed by atoms with van der Waals surface area (Å²) in [4.78, 5) is 14.6. The van der Waals surface area contributed by atoms with Crippen LogP contribution in [0.15, 0.2) is 42.5 Å². The number of ether oxygens (including phenoxy) is 2. The number of nitrogens with one attached hydrogen (secondary N) is 1. The Kier molecular flexibility index (Phi) is 8.82. The topological polar surface area (TPSA) is 50.8 Å². The Morgan fingerprint density at radius 1 is 0.964 bits per heavy atom. The number of hydrogen-bond donors (Lipinski definition) is 1. The van der Waals surface area contributed by atoms with E-state index >= 15 is 0 Å². The molecule has 0 heterocycles. The summed E-state index contributed by atoms with van der Waals surface area (Å²) in [5.41, 5.74) is 3.37. The molecule has 0 radical (unpaired) electrons. The van der Waals surface area contributed by atoms with E-state index in [1.165, 1.54) is 5.56 Å². The summed E-state index contributed by atoms with van der Waals surface area (Å²) in [6.07, 6.45) is 1.01. The van der Waals surface area contributed by atoms with E-state index in [0.29, 0.717) is 19.4 Å². The maximum absolute atomic E-state index is 12.2. The molecule has 0 atom stereocenters. The smallest absolute Gasteiger partial charge is 0.220 e. The summed E-state index contributed by atoms with van der Waals surface area (Å²) >= 11 is 0. The van der Waals surface area contributed by atoms with Gasteiger partial charge in [0.1, 0.15) is 11.5 Å². The third-order valence-electron chi connectivity index (χ3n) is 4.92. The Bertz CT molecular complexity index is 740. The minimum absolute atomic E-state index is 0.0251. The van der Waals surface area contributed by atoms with E-state index < -0.39 is 0 Å². The molecule has 2 aromatic rings. The maximum atomic E-state index is 12.2. The molecule has 0 aliphatic rings. The number of aryl methyl sites for hydroxylation is 1. The van der Waals surface area contributed by atoms with Crippen LogP contribution in [0.5, 0.6) is 11.5 Å². The van der Waals surface area contributed by atoms with E-state index in [2.05, 4.69) is 48.3 Å². The monoisotopic (exact) mass is 384 g/mol. The average molecular weight is 385 g/mol. The molecular weight excluding hydrogens is 352 g/mol. The van der Waals surface area contributed by atoms with Crippen LogP contribution in [0.2, 0.25) is 0 Å². The molecule has 2 aromatic carbocycles. The van der Waals surface area contributed by atoms with Crippen LogP contribution in [-0.4, -0.2) is 38.1 Å². The minimum Gasteiger partial charge on any atom is -0.497 e. The molecule has 0 aromatic heterocycles. The van der Waals surface area contributed by atoms with Gasteiger partial charge in [0.2, 0.25) is 5.91 Å². The lowest BCUT2D eigenvalue weighted by atomic mass is 10.1. The van der Waals surface area contributed by atoms with Gasteiger partial charge in [-0.05, 0) is 54.4 Å². The molecular formula is C23H32N2O3. The minimum atomic E-state index is 0.0251. The van der Waals surface area contributed by atoms with Crippen molar-refractivity contribution in [2.24, 2.45) is 0 Å². The predicted molar refractivity (Wildman–Crippen MR) is 113 cm³/mol. The van der Waals surface area contributed by atoms with Gasteiger partial charge in [-0.2, -0.15) is 0 Å². The van der Waals surface area contributed by atoms with Crippen molar-refractivity contribution in [3.63, 3.8) is 0 Å². The van der Waals surface area contributed by atoms with E-state index in [0.717, 1.165) is 42.3 Å². The van der Waals surface area contributed by atoms with Crippen molar-refractivity contribution in [2.45, 2.75) is 39.8 Å². The number of methoxy groups -OCH3 is 2. The second-order valence-corrected chi connectivity index (χ2v) is 6.73. The number of carbonyl (C=O) groups is 1. The zero-order valence-corrected chi connectivity index (χ0v) is 17.5. The number of carbonyl (C=O) groups excluding carboxylic acids is 1. The molecule has 0 unspecified atom stereocenters. The van der Waals surface area contributed by atoms with Crippen LogP contribution in [0, 0.1) is 0 Å². The highest BCUT2D eigenvalue weighted by molar-refractivity contribution is 5.76. The van der Waals surface area contributed by atoms with Crippen molar-refractivity contribution in [3.05, 3.63) is 59.2 Å². The summed E-state index contributed by atoms with van der Waals surface area (Å²) in [5, 5.41) is 3.00. The normalized spacial score (nSPS) is 10.8. The van der Waals surface area contributed by atoms with Gasteiger partial charge in [0.25, 0.3) is 0 Å². The van der Waals surface area contributed by atoms with Gasteiger partial charge in [-0.15, -0.1) is 0 Å².